The normalized spacial score (nSPS) is 8.00. The molecule has 0 nitrogen and oxygen atoms in total. The lowest BCUT2D eigenvalue weighted by atomic mass is 10.2. The van der Waals surface area contributed by atoms with Gasteiger partial charge in [-0.2, -0.15) is 0 Å². The van der Waals surface area contributed by atoms with Gasteiger partial charge in [0.05, 0.1) is 0 Å². The van der Waals surface area contributed by atoms with Gasteiger partial charge in [-0.05, 0) is 42.4 Å². The smallest absolute Gasteiger partial charge is 0.0256 e. The van der Waals surface area contributed by atoms with Crippen molar-refractivity contribution in [2.45, 2.75) is 4.90 Å². The summed E-state index contributed by atoms with van der Waals surface area (Å²) in [5, 5.41) is 0. The Balaban J connectivity index is 2.87. The summed E-state index contributed by atoms with van der Waals surface area (Å²) in [6.45, 7) is 0. The summed E-state index contributed by atoms with van der Waals surface area (Å²) in [4.78, 5) is 1.24. The Hall–Kier alpha value is -1.31. The van der Waals surface area contributed by atoms with Crippen molar-refractivity contribution in [3.05, 3.63) is 29.8 Å². The van der Waals surface area contributed by atoms with Crippen LogP contribution in [0, 0.1) is 24.2 Å². The molecule has 0 amide bonds. The zero-order chi connectivity index (χ0) is 8.81. The Labute approximate surface area is 77.4 Å². The molecule has 0 saturated heterocycles. The van der Waals surface area contributed by atoms with E-state index >= 15 is 0 Å². The summed E-state index contributed by atoms with van der Waals surface area (Å²) in [7, 11) is 0. The van der Waals surface area contributed by atoms with Gasteiger partial charge >= 0.3 is 0 Å². The first-order valence-electron chi connectivity index (χ1n) is 3.47. The van der Waals surface area contributed by atoms with Crippen LogP contribution < -0.4 is 0 Å². The van der Waals surface area contributed by atoms with Crippen molar-refractivity contribution in [1.82, 2.24) is 0 Å². The summed E-state index contributed by atoms with van der Waals surface area (Å²) in [5.41, 5.74) is 0.964. The fourth-order valence-electron chi connectivity index (χ4n) is 0.783. The number of benzene rings is 1. The number of hydrogen-bond donors (Lipinski definition) is 0. The molecule has 1 rings (SSSR count). The highest BCUT2D eigenvalue weighted by Gasteiger charge is 1.88. The fourth-order valence-corrected chi connectivity index (χ4v) is 1.19. The maximum Gasteiger partial charge on any atom is 0.0256 e. The molecule has 0 N–H and O–H groups in total. The van der Waals surface area contributed by atoms with Crippen molar-refractivity contribution < 1.29 is 0 Å². The van der Waals surface area contributed by atoms with Crippen LogP contribution in [0.1, 0.15) is 5.56 Å². The summed E-state index contributed by atoms with van der Waals surface area (Å²) in [6.07, 6.45) is 7.05. The summed E-state index contributed by atoms with van der Waals surface area (Å²) in [5.74, 6) is 7.70. The second-order valence-electron chi connectivity index (χ2n) is 2.12. The van der Waals surface area contributed by atoms with Crippen LogP contribution in [-0.2, 0) is 0 Å². The topological polar surface area (TPSA) is 0 Å². The zero-order valence-corrected chi connectivity index (χ0v) is 7.61. The van der Waals surface area contributed by atoms with Crippen LogP contribution in [0.25, 0.3) is 0 Å². The standard InChI is InChI=1S/C11H8S/c1-3-4-5-10-6-8-11(12-2)9-7-10/h1,6-9H,2H3. The van der Waals surface area contributed by atoms with E-state index in [4.69, 9.17) is 6.42 Å². The van der Waals surface area contributed by atoms with E-state index in [9.17, 15) is 0 Å². The van der Waals surface area contributed by atoms with Gasteiger partial charge in [0.25, 0.3) is 0 Å². The number of thioether (sulfide) groups is 1. The fraction of sp³-hybridized carbons (Fsp3) is 0.0909. The Morgan fingerprint density at radius 1 is 1.25 bits per heavy atom. The van der Waals surface area contributed by atoms with Gasteiger partial charge in [-0.1, -0.05) is 5.92 Å². The van der Waals surface area contributed by atoms with Crippen molar-refractivity contribution in [3.63, 3.8) is 0 Å². The molecular formula is C11H8S. The van der Waals surface area contributed by atoms with Gasteiger partial charge < -0.3 is 0 Å². The molecule has 0 heterocycles. The van der Waals surface area contributed by atoms with Crippen LogP contribution >= 0.6 is 11.8 Å². The largest absolute Gasteiger partial charge is 0.130 e. The average molecular weight is 172 g/mol. The molecule has 0 aliphatic carbocycles. The van der Waals surface area contributed by atoms with Gasteiger partial charge in [-0.25, -0.2) is 0 Å². The van der Waals surface area contributed by atoms with Crippen molar-refractivity contribution in [3.8, 4) is 24.2 Å². The maximum absolute atomic E-state index is 5.00. The molecule has 1 aromatic carbocycles. The van der Waals surface area contributed by atoms with Crippen molar-refractivity contribution in [2.24, 2.45) is 0 Å². The second kappa shape index (κ2) is 4.54. The third-order valence-electron chi connectivity index (χ3n) is 1.37. The predicted molar refractivity (Wildman–Crippen MR) is 53.9 cm³/mol. The van der Waals surface area contributed by atoms with E-state index in [-0.39, 0.29) is 0 Å². The van der Waals surface area contributed by atoms with Crippen LogP contribution in [0.2, 0.25) is 0 Å². The number of hydrogen-bond acceptors (Lipinski definition) is 1. The summed E-state index contributed by atoms with van der Waals surface area (Å²) in [6, 6.07) is 8.00. The molecule has 0 bridgehead atoms. The molecule has 0 radical (unpaired) electrons. The first-order valence-corrected chi connectivity index (χ1v) is 4.70. The monoisotopic (exact) mass is 172 g/mol. The van der Waals surface area contributed by atoms with Gasteiger partial charge in [0.2, 0.25) is 0 Å². The SMILES string of the molecule is C#CC#Cc1ccc(SC)cc1. The van der Waals surface area contributed by atoms with Crippen molar-refractivity contribution >= 4 is 11.8 Å². The van der Waals surface area contributed by atoms with E-state index in [1.807, 2.05) is 30.5 Å². The third-order valence-corrected chi connectivity index (χ3v) is 2.11. The Kier molecular flexibility index (Phi) is 3.33. The van der Waals surface area contributed by atoms with Crippen LogP contribution in [0.15, 0.2) is 29.2 Å². The zero-order valence-electron chi connectivity index (χ0n) is 6.79. The molecule has 0 unspecified atom stereocenters. The van der Waals surface area contributed by atoms with Gasteiger partial charge in [0.1, 0.15) is 0 Å². The molecule has 0 aliphatic heterocycles. The highest BCUT2D eigenvalue weighted by molar-refractivity contribution is 7.98. The summed E-state index contributed by atoms with van der Waals surface area (Å²) >= 11 is 1.71. The highest BCUT2D eigenvalue weighted by Crippen LogP contribution is 2.13. The number of rotatable bonds is 1. The van der Waals surface area contributed by atoms with Gasteiger partial charge in [0, 0.05) is 10.5 Å². The molecular weight excluding hydrogens is 164 g/mol. The Morgan fingerprint density at radius 3 is 2.42 bits per heavy atom. The van der Waals surface area contributed by atoms with Gasteiger partial charge in [-0.3, -0.25) is 0 Å². The molecule has 0 spiro atoms. The van der Waals surface area contributed by atoms with E-state index in [1.165, 1.54) is 4.90 Å². The van der Waals surface area contributed by atoms with Crippen LogP contribution in [-0.4, -0.2) is 6.26 Å². The highest BCUT2D eigenvalue weighted by atomic mass is 32.2. The molecule has 0 aliphatic rings. The minimum absolute atomic E-state index is 0.964. The van der Waals surface area contributed by atoms with Crippen LogP contribution in [0.3, 0.4) is 0 Å². The Morgan fingerprint density at radius 2 is 1.92 bits per heavy atom. The lowest BCUT2D eigenvalue weighted by Crippen LogP contribution is -1.73. The lowest BCUT2D eigenvalue weighted by Gasteiger charge is -1.93. The average Bonchev–Trinajstić information content (AvgIpc) is 2.15. The van der Waals surface area contributed by atoms with E-state index in [0.717, 1.165) is 5.56 Å². The lowest BCUT2D eigenvalue weighted by molar-refractivity contribution is 1.45. The molecule has 0 aromatic heterocycles. The first kappa shape index (κ1) is 8.78. The van der Waals surface area contributed by atoms with Crippen LogP contribution in [0.4, 0.5) is 0 Å². The third kappa shape index (κ3) is 2.38. The van der Waals surface area contributed by atoms with Crippen molar-refractivity contribution in [1.29, 1.82) is 0 Å². The maximum atomic E-state index is 5.00. The first-order chi connectivity index (χ1) is 5.86. The second-order valence-corrected chi connectivity index (χ2v) is 3.00. The minimum Gasteiger partial charge on any atom is -0.130 e. The number of terminal acetylenes is 1. The van der Waals surface area contributed by atoms with Gasteiger partial charge in [-0.15, -0.1) is 18.2 Å². The van der Waals surface area contributed by atoms with E-state index in [2.05, 4.69) is 17.8 Å². The minimum atomic E-state index is 0.964. The molecule has 1 heteroatoms. The molecule has 12 heavy (non-hydrogen) atoms. The van der Waals surface area contributed by atoms with Crippen LogP contribution in [0.5, 0.6) is 0 Å². The van der Waals surface area contributed by atoms with Crippen molar-refractivity contribution in [2.75, 3.05) is 6.26 Å². The quantitative estimate of drug-likeness (QED) is 0.463. The molecule has 0 atom stereocenters. The molecule has 0 saturated carbocycles. The molecule has 1 aromatic rings. The predicted octanol–water partition coefficient (Wildman–Crippen LogP) is 2.39. The summed E-state index contributed by atoms with van der Waals surface area (Å²) < 4.78 is 0. The van der Waals surface area contributed by atoms with Gasteiger partial charge in [0.15, 0.2) is 0 Å². The Bertz CT molecular complexity index is 343. The van der Waals surface area contributed by atoms with E-state index in [1.54, 1.807) is 11.8 Å². The molecule has 58 valence electrons. The molecule has 0 fully saturated rings. The van der Waals surface area contributed by atoms with E-state index < -0.39 is 0 Å². The van der Waals surface area contributed by atoms with E-state index in [0.29, 0.717) is 0 Å².